The van der Waals surface area contributed by atoms with Crippen molar-refractivity contribution in [2.24, 2.45) is 0 Å². The molecule has 4 aliphatic heterocycles. The third kappa shape index (κ3) is 7.68. The number of amides is 4. The third-order valence-corrected chi connectivity index (χ3v) is 18.1. The number of fused-ring (bicyclic) bond motifs is 2. The van der Waals surface area contributed by atoms with E-state index in [9.17, 15) is 19.2 Å². The lowest BCUT2D eigenvalue weighted by molar-refractivity contribution is 0.0872. The summed E-state index contributed by atoms with van der Waals surface area (Å²) in [5.41, 5.74) is 20.2. The molecule has 0 bridgehead atoms. The van der Waals surface area contributed by atoms with Crippen molar-refractivity contribution >= 4 is 73.0 Å². The van der Waals surface area contributed by atoms with Crippen LogP contribution in [0.2, 0.25) is 0 Å². The van der Waals surface area contributed by atoms with Crippen molar-refractivity contribution in [3.8, 4) is 44.5 Å². The van der Waals surface area contributed by atoms with Gasteiger partial charge in [0.2, 0.25) is 0 Å². The van der Waals surface area contributed by atoms with Crippen molar-refractivity contribution in [3.05, 3.63) is 219 Å². The summed E-state index contributed by atoms with van der Waals surface area (Å²) in [5, 5.41) is 5.78. The first kappa shape index (κ1) is 50.3. The lowest BCUT2D eigenvalue weighted by Crippen LogP contribution is -2.44. The van der Waals surface area contributed by atoms with Gasteiger partial charge in [-0.15, -0.1) is 0 Å². The molecule has 0 aliphatic carbocycles. The Hall–Kier alpha value is -8.94. The van der Waals surface area contributed by atoms with Crippen molar-refractivity contribution in [2.45, 2.75) is 91.9 Å². The number of carbonyl (C=O) groups excluding carboxylic acids is 4. The van der Waals surface area contributed by atoms with Gasteiger partial charge in [0.25, 0.3) is 23.6 Å². The molecule has 7 heteroatoms. The average molecular weight is 1060 g/mol. The summed E-state index contributed by atoms with van der Waals surface area (Å²) >= 11 is 0. The normalized spacial score (nSPS) is 15.1. The predicted octanol–water partition coefficient (Wildman–Crippen LogP) is 17.3. The molecule has 0 spiro atoms. The highest BCUT2D eigenvalue weighted by Crippen LogP contribution is 2.51. The maximum absolute atomic E-state index is 14.6. The molecule has 0 fully saturated rings. The zero-order valence-electron chi connectivity index (χ0n) is 47.3. The van der Waals surface area contributed by atoms with Crippen molar-refractivity contribution in [2.75, 3.05) is 27.8 Å². The molecule has 14 rings (SSSR count). The summed E-state index contributed by atoms with van der Waals surface area (Å²) in [6, 6.07) is 55.5. The Balaban J connectivity index is 0.738. The first-order valence-electron chi connectivity index (χ1n) is 28.6. The molecule has 0 radical (unpaired) electrons. The van der Waals surface area contributed by atoms with Gasteiger partial charge in [-0.05, 0) is 192 Å². The summed E-state index contributed by atoms with van der Waals surface area (Å²) in [5.74, 6) is -1.99. The molecular weight excluding hydrogens is 995 g/mol. The summed E-state index contributed by atoms with van der Waals surface area (Å²) in [6.45, 7) is 19.6. The summed E-state index contributed by atoms with van der Waals surface area (Å²) < 4.78 is 0. The first-order chi connectivity index (χ1) is 39.0. The van der Waals surface area contributed by atoms with Crippen LogP contribution in [-0.2, 0) is 23.7 Å². The zero-order valence-corrected chi connectivity index (χ0v) is 47.3. The van der Waals surface area contributed by atoms with Gasteiger partial charge >= 0.3 is 0 Å². The molecule has 0 unspecified atom stereocenters. The van der Waals surface area contributed by atoms with Crippen molar-refractivity contribution in [1.29, 1.82) is 0 Å². The summed E-state index contributed by atoms with van der Waals surface area (Å²) in [4.78, 5) is 63.4. The number of benzene rings is 10. The maximum atomic E-state index is 14.6. The van der Waals surface area contributed by atoms with E-state index in [1.807, 2.05) is 24.3 Å². The maximum Gasteiger partial charge on any atom is 0.265 e. The SMILES string of the molecule is Cc1c2c3c(c(C)c1-c1c4ccccc4c(-c4ccc(-c5ccc(-c6ccc(N7C(=O)c8ccc9c%10c(ccc(c8%10)C7=O)C(=O)N(c7cc(C(C)(C)C)ccc7C(C)(C)C)C9=O)cc6)cc5)cc4)c4ccccc14)CCCN3CCC2. The average Bonchev–Trinajstić information content (AvgIpc) is 3.66. The Bertz CT molecular complexity index is 4240. The molecule has 10 aromatic rings. The van der Waals surface area contributed by atoms with Crippen LogP contribution in [0.4, 0.5) is 17.1 Å². The minimum absolute atomic E-state index is 0.232. The van der Waals surface area contributed by atoms with Gasteiger partial charge in [-0.2, -0.15) is 0 Å². The van der Waals surface area contributed by atoms with Crippen molar-refractivity contribution in [1.82, 2.24) is 0 Å². The Kier molecular flexibility index (Phi) is 11.4. The number of rotatable bonds is 6. The fraction of sp³-hybridized carbons (Fsp3) is 0.216. The Morgan fingerprint density at radius 3 is 1.21 bits per heavy atom. The predicted molar refractivity (Wildman–Crippen MR) is 332 cm³/mol. The molecule has 4 heterocycles. The monoisotopic (exact) mass is 1060 g/mol. The number of nitrogens with zero attached hydrogens (tertiary/aromatic N) is 3. The van der Waals surface area contributed by atoms with E-state index in [1.165, 1.54) is 96.3 Å². The minimum Gasteiger partial charge on any atom is -0.371 e. The molecule has 0 aromatic heterocycles. The highest BCUT2D eigenvalue weighted by molar-refractivity contribution is 6.42. The molecule has 398 valence electrons. The van der Waals surface area contributed by atoms with E-state index in [0.717, 1.165) is 46.2 Å². The molecule has 7 nitrogen and oxygen atoms in total. The van der Waals surface area contributed by atoms with Gasteiger partial charge < -0.3 is 4.90 Å². The summed E-state index contributed by atoms with van der Waals surface area (Å²) in [7, 11) is 0. The summed E-state index contributed by atoms with van der Waals surface area (Å²) in [6.07, 6.45) is 4.70. The highest BCUT2D eigenvalue weighted by Gasteiger charge is 2.42. The quantitative estimate of drug-likeness (QED) is 0.122. The Morgan fingerprint density at radius 1 is 0.395 bits per heavy atom. The fourth-order valence-corrected chi connectivity index (χ4v) is 14.1. The van der Waals surface area contributed by atoms with Crippen LogP contribution in [0.25, 0.3) is 76.8 Å². The number of hydrogen-bond acceptors (Lipinski definition) is 5. The van der Waals surface area contributed by atoms with Gasteiger partial charge in [0.1, 0.15) is 0 Å². The van der Waals surface area contributed by atoms with Crippen LogP contribution in [-0.4, -0.2) is 36.7 Å². The molecular formula is C74H63N3O4. The van der Waals surface area contributed by atoms with E-state index in [1.54, 1.807) is 47.5 Å². The molecule has 4 aliphatic rings. The van der Waals surface area contributed by atoms with Gasteiger partial charge in [-0.25, -0.2) is 9.80 Å². The van der Waals surface area contributed by atoms with E-state index in [4.69, 9.17) is 0 Å². The molecule has 0 atom stereocenters. The standard InChI is InChI=1S/C74H63N3O4/c1-42-51-19-13-39-75-40-14-20-52(68(51)75)43(2)63(42)65-55-17-11-9-15-53(55)64(54-16-10-12-18-56(54)65)48-27-25-46(26-28-48)44-21-23-45(24-22-44)47-29-32-50(33-30-47)76-69(78)57-34-36-59-67-60(37-35-58(66(57)67)70(76)79)72(81)77(71(59)80)62-41-49(73(3,4)5)31-38-61(62)74(6,7)8/h9-12,15-18,21-38,41H,13-14,19-20,39-40H2,1-8H3. The van der Waals surface area contributed by atoms with E-state index in [0.29, 0.717) is 22.1 Å². The van der Waals surface area contributed by atoms with Crippen LogP contribution in [0.15, 0.2) is 164 Å². The topological polar surface area (TPSA) is 78.0 Å². The van der Waals surface area contributed by atoms with Crippen molar-refractivity contribution < 1.29 is 19.2 Å². The zero-order chi connectivity index (χ0) is 56.0. The molecule has 4 amide bonds. The van der Waals surface area contributed by atoms with E-state index >= 15 is 0 Å². The molecule has 10 aromatic carbocycles. The Labute approximate surface area is 473 Å². The van der Waals surface area contributed by atoms with Crippen LogP contribution in [0.1, 0.15) is 129 Å². The first-order valence-corrected chi connectivity index (χ1v) is 28.6. The fourth-order valence-electron chi connectivity index (χ4n) is 14.1. The highest BCUT2D eigenvalue weighted by atomic mass is 16.2. The second-order valence-corrected chi connectivity index (χ2v) is 24.9. The van der Waals surface area contributed by atoms with Gasteiger partial charge in [0.05, 0.1) is 11.4 Å². The Morgan fingerprint density at radius 2 is 0.790 bits per heavy atom. The number of hydrogen-bond donors (Lipinski definition) is 0. The molecule has 0 saturated carbocycles. The van der Waals surface area contributed by atoms with E-state index in [-0.39, 0.29) is 33.1 Å². The second kappa shape index (κ2) is 18.3. The van der Waals surface area contributed by atoms with E-state index in [2.05, 4.69) is 163 Å². The van der Waals surface area contributed by atoms with Crippen LogP contribution in [0.5, 0.6) is 0 Å². The van der Waals surface area contributed by atoms with Gasteiger partial charge in [-0.3, -0.25) is 19.2 Å². The van der Waals surface area contributed by atoms with Crippen LogP contribution >= 0.6 is 0 Å². The minimum atomic E-state index is -0.510. The molecule has 0 saturated heterocycles. The van der Waals surface area contributed by atoms with Gasteiger partial charge in [0, 0.05) is 51.8 Å². The lowest BCUT2D eigenvalue weighted by atomic mass is 9.78. The van der Waals surface area contributed by atoms with Gasteiger partial charge in [-0.1, -0.05) is 163 Å². The van der Waals surface area contributed by atoms with Crippen LogP contribution < -0.4 is 14.7 Å². The lowest BCUT2D eigenvalue weighted by Gasteiger charge is -2.39. The molecule has 0 N–H and O–H groups in total. The number of anilines is 3. The number of carbonyl (C=O) groups is 4. The van der Waals surface area contributed by atoms with E-state index < -0.39 is 23.6 Å². The van der Waals surface area contributed by atoms with Crippen molar-refractivity contribution in [3.63, 3.8) is 0 Å². The van der Waals surface area contributed by atoms with Gasteiger partial charge in [0.15, 0.2) is 0 Å². The van der Waals surface area contributed by atoms with Crippen LogP contribution in [0, 0.1) is 13.8 Å². The largest absolute Gasteiger partial charge is 0.371 e. The number of imide groups is 2. The smallest absolute Gasteiger partial charge is 0.265 e. The third-order valence-electron chi connectivity index (χ3n) is 18.1. The molecule has 81 heavy (non-hydrogen) atoms. The second-order valence-electron chi connectivity index (χ2n) is 24.9. The van der Waals surface area contributed by atoms with Crippen LogP contribution in [0.3, 0.4) is 0 Å².